The molecule has 0 saturated carbocycles. The Bertz CT molecular complexity index is 889. The molecule has 0 atom stereocenters. The number of pyridine rings is 2. The maximum Gasteiger partial charge on any atom is 0.273 e. The molecule has 0 spiro atoms. The molecule has 0 fully saturated rings. The fraction of sp³-hybridized carbons (Fsp3) is 0.0667. The Morgan fingerprint density at radius 2 is 2.13 bits per heavy atom. The summed E-state index contributed by atoms with van der Waals surface area (Å²) in [6.45, 7) is 0. The van der Waals surface area contributed by atoms with Gasteiger partial charge in [0.1, 0.15) is 5.69 Å². The van der Waals surface area contributed by atoms with Crippen molar-refractivity contribution < 1.29 is 9.53 Å². The number of thiazole rings is 1. The number of nitrogens with one attached hydrogen (secondary N) is 2. The van der Waals surface area contributed by atoms with Crippen LogP contribution in [0.15, 0.2) is 47.0 Å². The molecule has 0 aliphatic rings. The lowest BCUT2D eigenvalue weighted by molar-refractivity contribution is 0.102. The topological polar surface area (TPSA) is 97.0 Å². The van der Waals surface area contributed by atoms with E-state index in [2.05, 4.69) is 20.3 Å². The first-order valence-electron chi connectivity index (χ1n) is 6.61. The van der Waals surface area contributed by atoms with Crippen molar-refractivity contribution in [2.24, 2.45) is 0 Å². The second-order valence-corrected chi connectivity index (χ2v) is 5.37. The zero-order valence-electron chi connectivity index (χ0n) is 12.1. The second-order valence-electron chi connectivity index (χ2n) is 4.51. The van der Waals surface area contributed by atoms with Crippen molar-refractivity contribution in [1.82, 2.24) is 15.0 Å². The van der Waals surface area contributed by atoms with Crippen LogP contribution < -0.4 is 15.5 Å². The van der Waals surface area contributed by atoms with Gasteiger partial charge in [-0.05, 0) is 12.1 Å². The lowest BCUT2D eigenvalue weighted by atomic mass is 10.2. The number of hydrogen-bond donors (Lipinski definition) is 2. The Morgan fingerprint density at radius 1 is 1.35 bits per heavy atom. The normalized spacial score (nSPS) is 10.3. The summed E-state index contributed by atoms with van der Waals surface area (Å²) in [4.78, 5) is 34.8. The summed E-state index contributed by atoms with van der Waals surface area (Å²) in [5, 5.41) is 4.93. The van der Waals surface area contributed by atoms with Crippen LogP contribution in [0, 0.1) is 0 Å². The molecule has 2 N–H and O–H groups in total. The number of aromatic amines is 1. The largest absolute Gasteiger partial charge is 0.491 e. The van der Waals surface area contributed by atoms with Gasteiger partial charge in [-0.15, -0.1) is 11.3 Å². The molecule has 0 aliphatic carbocycles. The average Bonchev–Trinajstić information content (AvgIpc) is 3.04. The number of amides is 1. The third-order valence-electron chi connectivity index (χ3n) is 3.04. The minimum absolute atomic E-state index is 0.136. The van der Waals surface area contributed by atoms with Crippen molar-refractivity contribution in [2.75, 3.05) is 12.4 Å². The van der Waals surface area contributed by atoms with E-state index >= 15 is 0 Å². The van der Waals surface area contributed by atoms with Gasteiger partial charge in [0.2, 0.25) is 5.43 Å². The first-order valence-corrected chi connectivity index (χ1v) is 7.49. The molecule has 7 nitrogen and oxygen atoms in total. The van der Waals surface area contributed by atoms with Crippen molar-refractivity contribution in [3.8, 4) is 17.0 Å². The second kappa shape index (κ2) is 6.41. The van der Waals surface area contributed by atoms with Crippen molar-refractivity contribution in [3.63, 3.8) is 0 Å². The molecule has 3 heterocycles. The van der Waals surface area contributed by atoms with E-state index in [1.54, 1.807) is 12.4 Å². The quantitative estimate of drug-likeness (QED) is 0.765. The summed E-state index contributed by atoms with van der Waals surface area (Å²) in [6.07, 6.45) is 4.70. The Kier molecular flexibility index (Phi) is 4.15. The van der Waals surface area contributed by atoms with Crippen molar-refractivity contribution in [1.29, 1.82) is 0 Å². The molecule has 23 heavy (non-hydrogen) atoms. The molecule has 3 aromatic heterocycles. The molecule has 0 bridgehead atoms. The molecular weight excluding hydrogens is 316 g/mol. The van der Waals surface area contributed by atoms with Gasteiger partial charge >= 0.3 is 0 Å². The molecule has 0 aromatic carbocycles. The zero-order valence-corrected chi connectivity index (χ0v) is 12.9. The van der Waals surface area contributed by atoms with E-state index in [-0.39, 0.29) is 16.9 Å². The fourth-order valence-electron chi connectivity index (χ4n) is 1.90. The van der Waals surface area contributed by atoms with E-state index in [1.165, 1.54) is 30.7 Å². The molecule has 116 valence electrons. The zero-order chi connectivity index (χ0) is 16.2. The highest BCUT2D eigenvalue weighted by atomic mass is 32.1. The van der Waals surface area contributed by atoms with Crippen LogP contribution in [0.25, 0.3) is 11.3 Å². The van der Waals surface area contributed by atoms with E-state index in [9.17, 15) is 9.59 Å². The molecule has 3 aromatic rings. The van der Waals surface area contributed by atoms with Gasteiger partial charge in [-0.25, -0.2) is 4.98 Å². The van der Waals surface area contributed by atoms with Crippen LogP contribution in [0.3, 0.4) is 0 Å². The molecule has 0 saturated heterocycles. The Labute approximate surface area is 135 Å². The number of carbonyl (C=O) groups excluding carboxylic acids is 1. The number of ether oxygens (including phenoxy) is 1. The number of rotatable bonds is 4. The Morgan fingerprint density at radius 3 is 2.83 bits per heavy atom. The number of anilines is 1. The Balaban J connectivity index is 1.77. The van der Waals surface area contributed by atoms with Crippen LogP contribution >= 0.6 is 11.3 Å². The van der Waals surface area contributed by atoms with E-state index in [0.717, 1.165) is 11.3 Å². The molecule has 1 amide bonds. The maximum atomic E-state index is 12.1. The summed E-state index contributed by atoms with van der Waals surface area (Å²) >= 11 is 1.30. The monoisotopic (exact) mass is 328 g/mol. The van der Waals surface area contributed by atoms with Gasteiger partial charge in [0.15, 0.2) is 10.9 Å². The van der Waals surface area contributed by atoms with E-state index in [0.29, 0.717) is 5.13 Å². The van der Waals surface area contributed by atoms with E-state index in [1.807, 2.05) is 17.5 Å². The smallest absolute Gasteiger partial charge is 0.273 e. The standard InChI is InChI=1S/C15H12N4O3S/c1-22-13-7-17-10(6-12(13)20)14(21)19-15-18-11(8-23-15)9-2-4-16-5-3-9/h2-8H,1H3,(H,17,20)(H,18,19,21). The first-order chi connectivity index (χ1) is 11.2. The molecule has 0 aliphatic heterocycles. The number of hydrogen-bond acceptors (Lipinski definition) is 6. The van der Waals surface area contributed by atoms with Gasteiger partial charge < -0.3 is 9.72 Å². The van der Waals surface area contributed by atoms with E-state index in [4.69, 9.17) is 4.74 Å². The van der Waals surface area contributed by atoms with Crippen molar-refractivity contribution >= 4 is 22.4 Å². The average molecular weight is 328 g/mol. The summed E-state index contributed by atoms with van der Waals surface area (Å²) in [7, 11) is 1.39. The SMILES string of the molecule is COc1c[nH]c(C(=O)Nc2nc(-c3ccncc3)cs2)cc1=O. The fourth-order valence-corrected chi connectivity index (χ4v) is 2.61. The lowest BCUT2D eigenvalue weighted by Crippen LogP contribution is -2.17. The van der Waals surface area contributed by atoms with E-state index < -0.39 is 5.91 Å². The number of H-pyrrole nitrogens is 1. The minimum atomic E-state index is -0.444. The first kappa shape index (κ1) is 14.9. The molecule has 0 radical (unpaired) electrons. The Hall–Kier alpha value is -3.00. The van der Waals surface area contributed by atoms with Gasteiger partial charge in [-0.3, -0.25) is 19.9 Å². The van der Waals surface area contributed by atoms with Crippen molar-refractivity contribution in [3.05, 3.63) is 58.1 Å². The van der Waals surface area contributed by atoms with Crippen LogP contribution in [0.2, 0.25) is 0 Å². The number of aromatic nitrogens is 3. The van der Waals surface area contributed by atoms with Gasteiger partial charge in [-0.2, -0.15) is 0 Å². The van der Waals surface area contributed by atoms with Crippen LogP contribution in [-0.2, 0) is 0 Å². The van der Waals surface area contributed by atoms with Crippen LogP contribution in [0.4, 0.5) is 5.13 Å². The molecular formula is C15H12N4O3S. The van der Waals surface area contributed by atoms with Gasteiger partial charge in [0.05, 0.1) is 12.8 Å². The summed E-state index contributed by atoms with van der Waals surface area (Å²) in [5.41, 5.74) is 1.43. The highest BCUT2D eigenvalue weighted by Gasteiger charge is 2.12. The third kappa shape index (κ3) is 3.27. The number of nitrogens with zero attached hydrogens (tertiary/aromatic N) is 2. The third-order valence-corrected chi connectivity index (χ3v) is 3.80. The van der Waals surface area contributed by atoms with Crippen LogP contribution in [0.5, 0.6) is 5.75 Å². The van der Waals surface area contributed by atoms with Crippen LogP contribution in [-0.4, -0.2) is 28.0 Å². The predicted molar refractivity (Wildman–Crippen MR) is 86.9 cm³/mol. The van der Waals surface area contributed by atoms with Gasteiger partial charge in [0, 0.05) is 35.6 Å². The molecule has 3 rings (SSSR count). The predicted octanol–water partition coefficient (Wildman–Crippen LogP) is 2.15. The highest BCUT2D eigenvalue weighted by Crippen LogP contribution is 2.24. The van der Waals surface area contributed by atoms with Gasteiger partial charge in [-0.1, -0.05) is 0 Å². The number of carbonyl (C=O) groups is 1. The number of methoxy groups -OCH3 is 1. The highest BCUT2D eigenvalue weighted by molar-refractivity contribution is 7.14. The lowest BCUT2D eigenvalue weighted by Gasteiger charge is -2.03. The summed E-state index contributed by atoms with van der Waals surface area (Å²) in [6, 6.07) is 4.86. The molecule has 0 unspecified atom stereocenters. The minimum Gasteiger partial charge on any atom is -0.491 e. The molecule has 8 heteroatoms. The summed E-state index contributed by atoms with van der Waals surface area (Å²) in [5.74, 6) is -0.295. The van der Waals surface area contributed by atoms with Crippen LogP contribution in [0.1, 0.15) is 10.5 Å². The van der Waals surface area contributed by atoms with Crippen molar-refractivity contribution in [2.45, 2.75) is 0 Å². The van der Waals surface area contributed by atoms with Gasteiger partial charge in [0.25, 0.3) is 5.91 Å². The summed E-state index contributed by atoms with van der Waals surface area (Å²) < 4.78 is 4.86. The maximum absolute atomic E-state index is 12.1.